The Morgan fingerprint density at radius 3 is 3.08 bits per heavy atom. The fraction of sp³-hybridized carbons (Fsp3) is 0.556. The standard InChI is InChI=1S/C9H13N3O/c1-11-6-8(5-9(11)13)7-12-4-2-3-10-12/h2-4,8H,5-7H2,1H3. The van der Waals surface area contributed by atoms with E-state index in [1.807, 2.05) is 24.0 Å². The van der Waals surface area contributed by atoms with Crippen LogP contribution in [-0.4, -0.2) is 34.2 Å². The Hall–Kier alpha value is -1.32. The molecule has 13 heavy (non-hydrogen) atoms. The van der Waals surface area contributed by atoms with E-state index in [-0.39, 0.29) is 5.91 Å². The molecule has 0 saturated carbocycles. The van der Waals surface area contributed by atoms with Crippen LogP contribution in [0.1, 0.15) is 6.42 Å². The monoisotopic (exact) mass is 179 g/mol. The quantitative estimate of drug-likeness (QED) is 0.657. The van der Waals surface area contributed by atoms with Gasteiger partial charge in [-0.2, -0.15) is 5.10 Å². The second-order valence-electron chi connectivity index (χ2n) is 3.57. The van der Waals surface area contributed by atoms with Gasteiger partial charge < -0.3 is 4.90 Å². The Labute approximate surface area is 77.1 Å². The van der Waals surface area contributed by atoms with E-state index < -0.39 is 0 Å². The topological polar surface area (TPSA) is 38.1 Å². The summed E-state index contributed by atoms with van der Waals surface area (Å²) in [5.74, 6) is 0.676. The van der Waals surface area contributed by atoms with Crippen molar-refractivity contribution in [1.82, 2.24) is 14.7 Å². The fourth-order valence-electron chi connectivity index (χ4n) is 1.75. The van der Waals surface area contributed by atoms with Gasteiger partial charge in [-0.25, -0.2) is 0 Å². The number of amides is 1. The van der Waals surface area contributed by atoms with Crippen LogP contribution >= 0.6 is 0 Å². The van der Waals surface area contributed by atoms with Gasteiger partial charge in [0.05, 0.1) is 0 Å². The van der Waals surface area contributed by atoms with Crippen molar-refractivity contribution in [2.75, 3.05) is 13.6 Å². The smallest absolute Gasteiger partial charge is 0.222 e. The Morgan fingerprint density at radius 2 is 2.54 bits per heavy atom. The second-order valence-corrected chi connectivity index (χ2v) is 3.57. The molecular formula is C9H13N3O. The lowest BCUT2D eigenvalue weighted by Gasteiger charge is -2.09. The third-order valence-electron chi connectivity index (χ3n) is 2.43. The van der Waals surface area contributed by atoms with Crippen molar-refractivity contribution in [3.8, 4) is 0 Å². The summed E-state index contributed by atoms with van der Waals surface area (Å²) in [6, 6.07) is 1.90. The van der Waals surface area contributed by atoms with Crippen molar-refractivity contribution in [1.29, 1.82) is 0 Å². The molecule has 0 N–H and O–H groups in total. The highest BCUT2D eigenvalue weighted by atomic mass is 16.2. The molecule has 0 radical (unpaired) electrons. The molecule has 1 aliphatic heterocycles. The predicted octanol–water partition coefficient (Wildman–Crippen LogP) is 0.361. The summed E-state index contributed by atoms with van der Waals surface area (Å²) in [6.07, 6.45) is 4.36. The van der Waals surface area contributed by atoms with Gasteiger partial charge in [-0.15, -0.1) is 0 Å². The highest BCUT2D eigenvalue weighted by molar-refractivity contribution is 5.78. The van der Waals surface area contributed by atoms with Crippen LogP contribution in [0, 0.1) is 5.92 Å². The number of rotatable bonds is 2. The van der Waals surface area contributed by atoms with Crippen LogP contribution in [-0.2, 0) is 11.3 Å². The van der Waals surface area contributed by atoms with Crippen LogP contribution in [0.3, 0.4) is 0 Å². The molecule has 1 aromatic rings. The molecule has 1 unspecified atom stereocenters. The molecule has 4 heteroatoms. The van der Waals surface area contributed by atoms with Crippen molar-refractivity contribution in [3.05, 3.63) is 18.5 Å². The first-order chi connectivity index (χ1) is 6.25. The molecule has 0 spiro atoms. The van der Waals surface area contributed by atoms with Crippen LogP contribution in [0.15, 0.2) is 18.5 Å². The van der Waals surface area contributed by atoms with Crippen molar-refractivity contribution < 1.29 is 4.79 Å². The summed E-state index contributed by atoms with van der Waals surface area (Å²) in [5, 5.41) is 4.12. The van der Waals surface area contributed by atoms with Gasteiger partial charge in [-0.05, 0) is 6.07 Å². The molecule has 1 aliphatic rings. The Balaban J connectivity index is 1.94. The number of hydrogen-bond acceptors (Lipinski definition) is 2. The van der Waals surface area contributed by atoms with Gasteiger partial charge in [0.1, 0.15) is 0 Å². The largest absolute Gasteiger partial charge is 0.345 e. The number of likely N-dealkylation sites (tertiary alicyclic amines) is 1. The zero-order valence-electron chi connectivity index (χ0n) is 7.68. The molecule has 1 saturated heterocycles. The van der Waals surface area contributed by atoms with Crippen LogP contribution in [0.25, 0.3) is 0 Å². The Bertz CT molecular complexity index is 294. The van der Waals surface area contributed by atoms with E-state index in [1.165, 1.54) is 0 Å². The van der Waals surface area contributed by atoms with Crippen LogP contribution < -0.4 is 0 Å². The summed E-state index contributed by atoms with van der Waals surface area (Å²) >= 11 is 0. The van der Waals surface area contributed by atoms with Crippen molar-refractivity contribution in [3.63, 3.8) is 0 Å². The van der Waals surface area contributed by atoms with Gasteiger partial charge in [-0.3, -0.25) is 9.48 Å². The van der Waals surface area contributed by atoms with Gasteiger partial charge in [0, 0.05) is 44.9 Å². The molecule has 0 aromatic carbocycles. The van der Waals surface area contributed by atoms with E-state index in [0.29, 0.717) is 12.3 Å². The van der Waals surface area contributed by atoms with Gasteiger partial charge in [0.2, 0.25) is 5.91 Å². The van der Waals surface area contributed by atoms with Gasteiger partial charge in [-0.1, -0.05) is 0 Å². The van der Waals surface area contributed by atoms with Gasteiger partial charge >= 0.3 is 0 Å². The predicted molar refractivity (Wildman–Crippen MR) is 48.0 cm³/mol. The summed E-state index contributed by atoms with van der Waals surface area (Å²) < 4.78 is 1.89. The first-order valence-electron chi connectivity index (χ1n) is 4.47. The lowest BCUT2D eigenvalue weighted by molar-refractivity contribution is -0.126. The van der Waals surface area contributed by atoms with E-state index >= 15 is 0 Å². The molecule has 1 fully saturated rings. The van der Waals surface area contributed by atoms with E-state index in [2.05, 4.69) is 5.10 Å². The molecule has 0 bridgehead atoms. The zero-order chi connectivity index (χ0) is 9.26. The maximum Gasteiger partial charge on any atom is 0.222 e. The average molecular weight is 179 g/mol. The lowest BCUT2D eigenvalue weighted by atomic mass is 10.1. The molecule has 1 atom stereocenters. The maximum absolute atomic E-state index is 11.2. The SMILES string of the molecule is CN1CC(Cn2cccn2)CC1=O. The van der Waals surface area contributed by atoms with Crippen LogP contribution in [0.4, 0.5) is 0 Å². The Kier molecular flexibility index (Phi) is 2.04. The number of aromatic nitrogens is 2. The number of nitrogens with zero attached hydrogens (tertiary/aromatic N) is 3. The molecule has 1 aromatic heterocycles. The van der Waals surface area contributed by atoms with E-state index in [1.54, 1.807) is 11.1 Å². The number of hydrogen-bond donors (Lipinski definition) is 0. The van der Waals surface area contributed by atoms with Crippen molar-refractivity contribution >= 4 is 5.91 Å². The Morgan fingerprint density at radius 1 is 1.69 bits per heavy atom. The number of carbonyl (C=O) groups is 1. The van der Waals surface area contributed by atoms with Gasteiger partial charge in [0.15, 0.2) is 0 Å². The minimum atomic E-state index is 0.247. The van der Waals surface area contributed by atoms with E-state index in [9.17, 15) is 4.79 Å². The summed E-state index contributed by atoms with van der Waals surface area (Å²) in [6.45, 7) is 1.71. The molecular weight excluding hydrogens is 166 g/mol. The van der Waals surface area contributed by atoms with Crippen molar-refractivity contribution in [2.45, 2.75) is 13.0 Å². The highest BCUT2D eigenvalue weighted by Gasteiger charge is 2.26. The first-order valence-corrected chi connectivity index (χ1v) is 4.47. The minimum Gasteiger partial charge on any atom is -0.345 e. The summed E-state index contributed by atoms with van der Waals surface area (Å²) in [5.41, 5.74) is 0. The molecule has 4 nitrogen and oxygen atoms in total. The van der Waals surface area contributed by atoms with E-state index in [4.69, 9.17) is 0 Å². The van der Waals surface area contributed by atoms with E-state index in [0.717, 1.165) is 13.1 Å². The fourth-order valence-corrected chi connectivity index (χ4v) is 1.75. The summed E-state index contributed by atoms with van der Waals surface area (Å²) in [7, 11) is 1.85. The average Bonchev–Trinajstić information content (AvgIpc) is 2.64. The molecule has 70 valence electrons. The van der Waals surface area contributed by atoms with Crippen molar-refractivity contribution in [2.24, 2.45) is 5.92 Å². The lowest BCUT2D eigenvalue weighted by Crippen LogP contribution is -2.20. The maximum atomic E-state index is 11.2. The van der Waals surface area contributed by atoms with Crippen LogP contribution in [0.5, 0.6) is 0 Å². The normalized spacial score (nSPS) is 22.7. The highest BCUT2D eigenvalue weighted by Crippen LogP contribution is 2.17. The summed E-state index contributed by atoms with van der Waals surface area (Å²) in [4.78, 5) is 13.0. The zero-order valence-corrected chi connectivity index (χ0v) is 7.68. The molecule has 1 amide bonds. The molecule has 2 rings (SSSR count). The first kappa shape index (κ1) is 8.29. The third kappa shape index (κ3) is 1.71. The van der Waals surface area contributed by atoms with Gasteiger partial charge in [0.25, 0.3) is 0 Å². The minimum absolute atomic E-state index is 0.247. The number of carbonyl (C=O) groups excluding carboxylic acids is 1. The second kappa shape index (κ2) is 3.20. The third-order valence-corrected chi connectivity index (χ3v) is 2.43. The molecule has 2 heterocycles. The molecule has 0 aliphatic carbocycles. The van der Waals surface area contributed by atoms with Crippen LogP contribution in [0.2, 0.25) is 0 Å².